The quantitative estimate of drug-likeness (QED) is 0.751. The number of benzene rings is 1. The number of carbonyl (C=O) groups is 2. The Morgan fingerprint density at radius 1 is 1.18 bits per heavy atom. The van der Waals surface area contributed by atoms with Gasteiger partial charge >= 0.3 is 6.18 Å². The first-order valence-electron chi connectivity index (χ1n) is 8.70. The molecule has 28 heavy (non-hydrogen) atoms. The van der Waals surface area contributed by atoms with E-state index in [4.69, 9.17) is 0 Å². The first-order chi connectivity index (χ1) is 13.0. The first kappa shape index (κ1) is 21.9. The predicted octanol–water partition coefficient (Wildman–Crippen LogP) is 4.03. The van der Waals surface area contributed by atoms with Crippen LogP contribution in [-0.2, 0) is 11.0 Å². The highest BCUT2D eigenvalue weighted by Crippen LogP contribution is 2.33. The highest BCUT2D eigenvalue weighted by atomic mass is 32.1. The third-order valence-corrected chi connectivity index (χ3v) is 5.24. The van der Waals surface area contributed by atoms with Crippen LogP contribution in [0, 0.1) is 12.8 Å². The van der Waals surface area contributed by atoms with Crippen LogP contribution in [0.4, 0.5) is 13.2 Å². The number of hydrogen-bond acceptors (Lipinski definition) is 4. The van der Waals surface area contributed by atoms with Crippen LogP contribution in [0.3, 0.4) is 0 Å². The Bertz CT molecular complexity index is 845. The highest BCUT2D eigenvalue weighted by Gasteiger charge is 2.30. The summed E-state index contributed by atoms with van der Waals surface area (Å²) >= 11 is 1.08. The molecule has 1 atom stereocenters. The molecule has 1 unspecified atom stereocenters. The van der Waals surface area contributed by atoms with Crippen LogP contribution >= 0.6 is 11.3 Å². The zero-order chi connectivity index (χ0) is 21.1. The number of halogens is 3. The second-order valence-electron chi connectivity index (χ2n) is 6.78. The number of nitrogens with one attached hydrogen (secondary N) is 2. The number of thiazole rings is 1. The second kappa shape index (κ2) is 8.72. The molecule has 5 nitrogen and oxygen atoms in total. The van der Waals surface area contributed by atoms with Crippen molar-refractivity contribution in [2.24, 2.45) is 5.92 Å². The van der Waals surface area contributed by atoms with Crippen LogP contribution in [0.15, 0.2) is 24.3 Å². The van der Waals surface area contributed by atoms with Crippen LogP contribution in [0.25, 0.3) is 10.6 Å². The van der Waals surface area contributed by atoms with E-state index in [9.17, 15) is 22.8 Å². The molecule has 0 bridgehead atoms. The number of nitrogens with zero attached hydrogens (tertiary/aromatic N) is 1. The van der Waals surface area contributed by atoms with E-state index in [0.717, 1.165) is 23.5 Å². The minimum Gasteiger partial charge on any atom is -0.357 e. The lowest BCUT2D eigenvalue weighted by Gasteiger charge is -2.18. The van der Waals surface area contributed by atoms with E-state index in [0.29, 0.717) is 27.6 Å². The Kier molecular flexibility index (Phi) is 6.82. The maximum atomic E-state index is 12.7. The number of hydrogen-bond donors (Lipinski definition) is 2. The summed E-state index contributed by atoms with van der Waals surface area (Å²) in [5.74, 6) is -0.512. The lowest BCUT2D eigenvalue weighted by molar-refractivity contribution is -0.137. The number of aryl methyl sites for hydroxylation is 1. The van der Waals surface area contributed by atoms with Crippen molar-refractivity contribution in [2.45, 2.75) is 39.4 Å². The van der Waals surface area contributed by atoms with Gasteiger partial charge in [-0.15, -0.1) is 11.3 Å². The van der Waals surface area contributed by atoms with E-state index in [1.807, 2.05) is 13.8 Å². The molecule has 2 N–H and O–H groups in total. The van der Waals surface area contributed by atoms with Crippen LogP contribution in [0.2, 0.25) is 0 Å². The van der Waals surface area contributed by atoms with Crippen LogP contribution in [-0.4, -0.2) is 29.9 Å². The fraction of sp³-hybridized carbons (Fsp3) is 0.421. The van der Waals surface area contributed by atoms with E-state index in [1.165, 1.54) is 19.2 Å². The molecule has 0 aliphatic carbocycles. The van der Waals surface area contributed by atoms with Gasteiger partial charge in [0, 0.05) is 12.6 Å². The molecule has 0 aliphatic heterocycles. The van der Waals surface area contributed by atoms with Crippen molar-refractivity contribution in [3.63, 3.8) is 0 Å². The molecule has 0 saturated carbocycles. The van der Waals surface area contributed by atoms with Gasteiger partial charge in [0.15, 0.2) is 0 Å². The van der Waals surface area contributed by atoms with Crippen LogP contribution in [0.5, 0.6) is 0 Å². The number of carbonyl (C=O) groups excluding carboxylic acids is 2. The van der Waals surface area contributed by atoms with Gasteiger partial charge in [0.25, 0.3) is 5.91 Å². The van der Waals surface area contributed by atoms with Crippen molar-refractivity contribution in [2.75, 3.05) is 7.05 Å². The average molecular weight is 413 g/mol. The standard InChI is InChI=1S/C19H22F3N3O2S/c1-10(2)9-14(16(26)23-4)25-17(27)15-11(3)24-18(28-15)12-5-7-13(8-6-12)19(20,21)22/h5-8,10,14H,9H2,1-4H3,(H,23,26)(H,25,27). The SMILES string of the molecule is CNC(=O)C(CC(C)C)NC(=O)c1sc(-c2ccc(C(F)(F)F)cc2)nc1C. The minimum atomic E-state index is -4.41. The fourth-order valence-corrected chi connectivity index (χ4v) is 3.61. The minimum absolute atomic E-state index is 0.202. The summed E-state index contributed by atoms with van der Waals surface area (Å²) in [6.07, 6.45) is -3.93. The van der Waals surface area contributed by atoms with Crippen molar-refractivity contribution in [1.29, 1.82) is 0 Å². The van der Waals surface area contributed by atoms with Gasteiger partial charge in [0.05, 0.1) is 11.3 Å². The molecule has 9 heteroatoms. The van der Waals surface area contributed by atoms with Gasteiger partial charge in [-0.05, 0) is 31.4 Å². The van der Waals surface area contributed by atoms with Crippen molar-refractivity contribution in [3.8, 4) is 10.6 Å². The normalized spacial score (nSPS) is 12.7. The van der Waals surface area contributed by atoms with Gasteiger partial charge < -0.3 is 10.6 Å². The fourth-order valence-electron chi connectivity index (χ4n) is 2.63. The molecular weight excluding hydrogens is 391 g/mol. The molecule has 1 heterocycles. The number of rotatable bonds is 6. The van der Waals surface area contributed by atoms with Crippen LogP contribution in [0.1, 0.15) is 41.2 Å². The maximum absolute atomic E-state index is 12.7. The molecule has 0 saturated heterocycles. The summed E-state index contributed by atoms with van der Waals surface area (Å²) in [5.41, 5.74) is 0.201. The summed E-state index contributed by atoms with van der Waals surface area (Å²) in [4.78, 5) is 29.3. The number of amides is 2. The summed E-state index contributed by atoms with van der Waals surface area (Å²) in [5, 5.41) is 5.69. The largest absolute Gasteiger partial charge is 0.416 e. The Morgan fingerprint density at radius 3 is 2.29 bits per heavy atom. The van der Waals surface area contributed by atoms with E-state index in [-0.39, 0.29) is 11.8 Å². The summed E-state index contributed by atoms with van der Waals surface area (Å²) in [6.45, 7) is 5.54. The zero-order valence-electron chi connectivity index (χ0n) is 16.0. The topological polar surface area (TPSA) is 71.1 Å². The third-order valence-electron chi connectivity index (χ3n) is 4.04. The molecule has 2 amide bonds. The molecule has 0 fully saturated rings. The lowest BCUT2D eigenvalue weighted by Crippen LogP contribution is -2.46. The van der Waals surface area contributed by atoms with E-state index in [2.05, 4.69) is 15.6 Å². The molecule has 0 aliphatic rings. The summed E-state index contributed by atoms with van der Waals surface area (Å²) < 4.78 is 38.1. The number of alkyl halides is 3. The van der Waals surface area contributed by atoms with E-state index in [1.54, 1.807) is 6.92 Å². The van der Waals surface area contributed by atoms with Gasteiger partial charge in [-0.1, -0.05) is 26.0 Å². The van der Waals surface area contributed by atoms with Crippen LogP contribution < -0.4 is 10.6 Å². The smallest absolute Gasteiger partial charge is 0.357 e. The molecule has 1 aromatic carbocycles. The maximum Gasteiger partial charge on any atom is 0.416 e. The van der Waals surface area contributed by atoms with Gasteiger partial charge in [0.1, 0.15) is 15.9 Å². The van der Waals surface area contributed by atoms with Gasteiger partial charge in [0.2, 0.25) is 5.91 Å². The molecule has 2 aromatic rings. The van der Waals surface area contributed by atoms with Crippen molar-refractivity contribution >= 4 is 23.2 Å². The van der Waals surface area contributed by atoms with Gasteiger partial charge in [-0.2, -0.15) is 13.2 Å². The second-order valence-corrected chi connectivity index (χ2v) is 7.78. The monoisotopic (exact) mass is 413 g/mol. The molecular formula is C19H22F3N3O2S. The molecule has 0 radical (unpaired) electrons. The number of likely N-dealkylation sites (N-methyl/N-ethyl adjacent to an activating group) is 1. The zero-order valence-corrected chi connectivity index (χ0v) is 16.8. The van der Waals surface area contributed by atoms with Crippen molar-refractivity contribution in [3.05, 3.63) is 40.4 Å². The van der Waals surface area contributed by atoms with Crippen molar-refractivity contribution in [1.82, 2.24) is 15.6 Å². The van der Waals surface area contributed by atoms with Crippen molar-refractivity contribution < 1.29 is 22.8 Å². The highest BCUT2D eigenvalue weighted by molar-refractivity contribution is 7.17. The molecule has 1 aromatic heterocycles. The van der Waals surface area contributed by atoms with E-state index >= 15 is 0 Å². The molecule has 0 spiro atoms. The Morgan fingerprint density at radius 2 is 1.79 bits per heavy atom. The molecule has 2 rings (SSSR count). The Balaban J connectivity index is 2.23. The third kappa shape index (κ3) is 5.31. The molecule has 152 valence electrons. The number of aromatic nitrogens is 1. The summed E-state index contributed by atoms with van der Waals surface area (Å²) in [7, 11) is 1.50. The van der Waals surface area contributed by atoms with Gasteiger partial charge in [-0.3, -0.25) is 9.59 Å². The lowest BCUT2D eigenvalue weighted by atomic mass is 10.0. The Labute approximate surface area is 165 Å². The first-order valence-corrected chi connectivity index (χ1v) is 9.52. The summed E-state index contributed by atoms with van der Waals surface area (Å²) in [6, 6.07) is 3.95. The Hall–Kier alpha value is -2.42. The van der Waals surface area contributed by atoms with Gasteiger partial charge in [-0.25, -0.2) is 4.98 Å². The predicted molar refractivity (Wildman–Crippen MR) is 102 cm³/mol. The van der Waals surface area contributed by atoms with E-state index < -0.39 is 23.7 Å². The average Bonchev–Trinajstić information content (AvgIpc) is 3.01.